The topological polar surface area (TPSA) is 27.7 Å². The summed E-state index contributed by atoms with van der Waals surface area (Å²) in [5.74, 6) is 1.89. The second kappa shape index (κ2) is 11.3. The van der Waals surface area contributed by atoms with Crippen molar-refractivity contribution in [2.75, 3.05) is 0 Å². The predicted octanol–water partition coefficient (Wildman–Crippen LogP) is 8.38. The van der Waals surface area contributed by atoms with Crippen LogP contribution in [0, 0.1) is 0 Å². The van der Waals surface area contributed by atoms with Gasteiger partial charge >= 0.3 is 0 Å². The summed E-state index contributed by atoms with van der Waals surface area (Å²) < 4.78 is 18.1. The first-order valence-electron chi connectivity index (χ1n) is 10.3. The molecule has 4 rings (SSSR count). The van der Waals surface area contributed by atoms with E-state index in [1.807, 2.05) is 91.0 Å². The van der Waals surface area contributed by atoms with Crippen LogP contribution in [0.15, 0.2) is 91.0 Å². The second-order valence-corrected chi connectivity index (χ2v) is 8.66. The van der Waals surface area contributed by atoms with E-state index >= 15 is 0 Å². The highest BCUT2D eigenvalue weighted by atomic mass is 35.5. The molecule has 33 heavy (non-hydrogen) atoms. The molecule has 0 spiro atoms. The number of ether oxygens (including phenoxy) is 3. The second-order valence-electron chi connectivity index (χ2n) is 7.35. The van der Waals surface area contributed by atoms with Crippen LogP contribution >= 0.6 is 34.8 Å². The normalized spacial score (nSPS) is 10.6. The van der Waals surface area contributed by atoms with Gasteiger partial charge < -0.3 is 14.2 Å². The minimum absolute atomic E-state index is 0.370. The summed E-state index contributed by atoms with van der Waals surface area (Å²) in [5, 5.41) is 2.06. The molecule has 0 N–H and O–H groups in total. The van der Waals surface area contributed by atoms with E-state index in [1.165, 1.54) is 0 Å². The first-order valence-corrected chi connectivity index (χ1v) is 11.4. The molecule has 3 nitrogen and oxygen atoms in total. The summed E-state index contributed by atoms with van der Waals surface area (Å²) in [6, 6.07) is 28.2. The Morgan fingerprint density at radius 3 is 1.27 bits per heavy atom. The lowest BCUT2D eigenvalue weighted by Gasteiger charge is -2.15. The van der Waals surface area contributed by atoms with Gasteiger partial charge in [0.15, 0.2) is 11.5 Å². The van der Waals surface area contributed by atoms with Crippen molar-refractivity contribution in [3.05, 3.63) is 123 Å². The Hall–Kier alpha value is -2.85. The van der Waals surface area contributed by atoms with Gasteiger partial charge in [0.25, 0.3) is 0 Å². The highest BCUT2D eigenvalue weighted by Gasteiger charge is 2.10. The summed E-state index contributed by atoms with van der Waals surface area (Å²) >= 11 is 17.9. The molecule has 0 saturated heterocycles. The minimum Gasteiger partial charge on any atom is -0.489 e. The van der Waals surface area contributed by atoms with Crippen LogP contribution < -0.4 is 14.2 Å². The van der Waals surface area contributed by atoms with Crippen molar-refractivity contribution in [1.82, 2.24) is 0 Å². The molecule has 0 atom stereocenters. The minimum atomic E-state index is 0.370. The van der Waals surface area contributed by atoms with Gasteiger partial charge in [-0.25, -0.2) is 0 Å². The van der Waals surface area contributed by atoms with Crippen molar-refractivity contribution < 1.29 is 14.2 Å². The fourth-order valence-corrected chi connectivity index (χ4v) is 3.42. The Morgan fingerprint density at radius 1 is 0.424 bits per heavy atom. The van der Waals surface area contributed by atoms with Crippen molar-refractivity contribution in [2.45, 2.75) is 19.8 Å². The van der Waals surface area contributed by atoms with Gasteiger partial charge in [-0.2, -0.15) is 0 Å². The Bertz CT molecular complexity index is 1170. The maximum absolute atomic E-state index is 6.09. The van der Waals surface area contributed by atoms with Crippen LogP contribution in [-0.4, -0.2) is 0 Å². The molecule has 0 aromatic heterocycles. The summed E-state index contributed by atoms with van der Waals surface area (Å²) in [6.45, 7) is 1.17. The standard InChI is InChI=1S/C27H21Cl3O3/c28-22-7-1-19(2-8-22)16-31-25-13-14-26(32-17-20-3-9-23(29)10-4-20)27(15-25)33-18-21-5-11-24(30)12-6-21/h1-15H,16-18H2. The molecular formula is C27H21Cl3O3. The van der Waals surface area contributed by atoms with Crippen molar-refractivity contribution >= 4 is 34.8 Å². The van der Waals surface area contributed by atoms with E-state index < -0.39 is 0 Å². The van der Waals surface area contributed by atoms with Crippen molar-refractivity contribution in [2.24, 2.45) is 0 Å². The van der Waals surface area contributed by atoms with Crippen LogP contribution in [0.1, 0.15) is 16.7 Å². The molecule has 6 heteroatoms. The van der Waals surface area contributed by atoms with Gasteiger partial charge in [-0.1, -0.05) is 71.2 Å². The molecule has 0 aliphatic heterocycles. The van der Waals surface area contributed by atoms with Gasteiger partial charge in [0.2, 0.25) is 0 Å². The molecule has 0 amide bonds. The molecule has 0 aliphatic carbocycles. The van der Waals surface area contributed by atoms with E-state index in [-0.39, 0.29) is 0 Å². The fraction of sp³-hybridized carbons (Fsp3) is 0.111. The molecule has 0 unspecified atom stereocenters. The van der Waals surface area contributed by atoms with Crippen LogP contribution in [0.5, 0.6) is 17.2 Å². The van der Waals surface area contributed by atoms with E-state index in [9.17, 15) is 0 Å². The molecule has 0 saturated carbocycles. The summed E-state index contributed by atoms with van der Waals surface area (Å²) in [6.07, 6.45) is 0. The van der Waals surface area contributed by atoms with Crippen LogP contribution in [-0.2, 0) is 19.8 Å². The molecule has 0 radical (unpaired) electrons. The summed E-state index contributed by atoms with van der Waals surface area (Å²) in [7, 11) is 0. The predicted molar refractivity (Wildman–Crippen MR) is 134 cm³/mol. The van der Waals surface area contributed by atoms with Gasteiger partial charge in [0.1, 0.15) is 25.6 Å². The van der Waals surface area contributed by atoms with E-state index in [2.05, 4.69) is 0 Å². The zero-order chi connectivity index (χ0) is 23.0. The van der Waals surface area contributed by atoms with Crippen LogP contribution in [0.25, 0.3) is 0 Å². The maximum Gasteiger partial charge on any atom is 0.165 e. The van der Waals surface area contributed by atoms with E-state index in [1.54, 1.807) is 0 Å². The average molecular weight is 500 g/mol. The molecule has 168 valence electrons. The molecular weight excluding hydrogens is 479 g/mol. The van der Waals surface area contributed by atoms with Crippen LogP contribution in [0.3, 0.4) is 0 Å². The Balaban J connectivity index is 1.48. The molecule has 4 aromatic rings. The lowest BCUT2D eigenvalue weighted by molar-refractivity contribution is 0.251. The third-order valence-corrected chi connectivity index (χ3v) is 5.61. The van der Waals surface area contributed by atoms with Gasteiger partial charge in [0, 0.05) is 21.1 Å². The van der Waals surface area contributed by atoms with Crippen LogP contribution in [0.2, 0.25) is 15.1 Å². The number of hydrogen-bond donors (Lipinski definition) is 0. The first kappa shape index (κ1) is 23.3. The Morgan fingerprint density at radius 2 is 0.818 bits per heavy atom. The molecule has 0 heterocycles. The SMILES string of the molecule is Clc1ccc(COc2ccc(OCc3ccc(Cl)cc3)c(OCc3ccc(Cl)cc3)c2)cc1. The lowest BCUT2D eigenvalue weighted by atomic mass is 10.2. The fourth-order valence-electron chi connectivity index (χ4n) is 3.04. The Kier molecular flexibility index (Phi) is 8.01. The van der Waals surface area contributed by atoms with Gasteiger partial charge in [-0.3, -0.25) is 0 Å². The number of benzene rings is 4. The highest BCUT2D eigenvalue weighted by molar-refractivity contribution is 6.31. The van der Waals surface area contributed by atoms with Gasteiger partial charge in [0.05, 0.1) is 0 Å². The third-order valence-electron chi connectivity index (χ3n) is 4.85. The summed E-state index contributed by atoms with van der Waals surface area (Å²) in [5.41, 5.74) is 3.02. The third kappa shape index (κ3) is 7.06. The first-order chi connectivity index (χ1) is 16.0. The van der Waals surface area contributed by atoms with Crippen molar-refractivity contribution in [3.63, 3.8) is 0 Å². The monoisotopic (exact) mass is 498 g/mol. The molecule has 0 aliphatic rings. The average Bonchev–Trinajstić information content (AvgIpc) is 2.83. The smallest absolute Gasteiger partial charge is 0.165 e. The summed E-state index contributed by atoms with van der Waals surface area (Å²) in [4.78, 5) is 0. The zero-order valence-electron chi connectivity index (χ0n) is 17.6. The quantitative estimate of drug-likeness (QED) is 0.231. The van der Waals surface area contributed by atoms with E-state index in [0.717, 1.165) is 16.7 Å². The zero-order valence-corrected chi connectivity index (χ0v) is 19.9. The maximum atomic E-state index is 6.09. The van der Waals surface area contributed by atoms with Crippen LogP contribution in [0.4, 0.5) is 0 Å². The van der Waals surface area contributed by atoms with Crippen molar-refractivity contribution in [1.29, 1.82) is 0 Å². The molecule has 0 fully saturated rings. The lowest BCUT2D eigenvalue weighted by Crippen LogP contribution is -2.02. The molecule has 4 aromatic carbocycles. The van der Waals surface area contributed by atoms with E-state index in [4.69, 9.17) is 49.0 Å². The largest absolute Gasteiger partial charge is 0.489 e. The van der Waals surface area contributed by atoms with Crippen molar-refractivity contribution in [3.8, 4) is 17.2 Å². The number of halogens is 3. The van der Waals surface area contributed by atoms with E-state index in [0.29, 0.717) is 52.1 Å². The number of hydrogen-bond acceptors (Lipinski definition) is 3. The van der Waals surface area contributed by atoms with Gasteiger partial charge in [-0.05, 0) is 65.2 Å². The van der Waals surface area contributed by atoms with Gasteiger partial charge in [-0.15, -0.1) is 0 Å². The number of rotatable bonds is 9. The highest BCUT2D eigenvalue weighted by Crippen LogP contribution is 2.33. The Labute approximate surface area is 208 Å². The molecule has 0 bridgehead atoms.